The summed E-state index contributed by atoms with van der Waals surface area (Å²) in [5.41, 5.74) is 15.6. The second kappa shape index (κ2) is 16.4. The molecule has 6 heteroatoms. The molecule has 11 aromatic rings. The van der Waals surface area contributed by atoms with Crippen LogP contribution in [0.3, 0.4) is 0 Å². The second-order valence-electron chi connectivity index (χ2n) is 15.4. The van der Waals surface area contributed by atoms with Crippen molar-refractivity contribution in [2.45, 2.75) is 0 Å². The van der Waals surface area contributed by atoms with Crippen molar-refractivity contribution in [1.29, 1.82) is 0 Å². The van der Waals surface area contributed by atoms with E-state index in [1.54, 1.807) is 0 Å². The lowest BCUT2D eigenvalue weighted by molar-refractivity contribution is 1.10. The zero-order valence-corrected chi connectivity index (χ0v) is 34.1. The highest BCUT2D eigenvalue weighted by Gasteiger charge is 2.17. The van der Waals surface area contributed by atoms with E-state index < -0.39 is 0 Å². The number of benzene rings is 8. The molecule has 8 aromatic carbocycles. The van der Waals surface area contributed by atoms with Gasteiger partial charge in [0, 0.05) is 44.6 Å². The smallest absolute Gasteiger partial charge is 0.160 e. The van der Waals surface area contributed by atoms with Crippen LogP contribution in [-0.4, -0.2) is 29.5 Å². The van der Waals surface area contributed by atoms with E-state index in [2.05, 4.69) is 168 Å². The quantitative estimate of drug-likeness (QED) is 0.145. The highest BCUT2D eigenvalue weighted by atomic mass is 15.1. The Bertz CT molecular complexity index is 3310. The van der Waals surface area contributed by atoms with Crippen molar-refractivity contribution in [2.24, 2.45) is 0 Å². The molecule has 3 heterocycles. The molecule has 0 N–H and O–H groups in total. The molecule has 0 radical (unpaired) electrons. The summed E-state index contributed by atoms with van der Waals surface area (Å²) in [5, 5.41) is 0. The van der Waals surface area contributed by atoms with Crippen LogP contribution in [0.25, 0.3) is 107 Å². The number of nitrogens with zero attached hydrogens (tertiary/aromatic N) is 6. The van der Waals surface area contributed by atoms with Crippen molar-refractivity contribution in [3.8, 4) is 96.0 Å². The molecule has 3 aromatic heterocycles. The van der Waals surface area contributed by atoms with Crippen LogP contribution in [-0.2, 0) is 0 Å². The van der Waals surface area contributed by atoms with Gasteiger partial charge in [0.1, 0.15) is 5.82 Å². The van der Waals surface area contributed by atoms with Crippen molar-refractivity contribution in [3.63, 3.8) is 0 Å². The summed E-state index contributed by atoms with van der Waals surface area (Å²) in [6.07, 6.45) is 0. The molecule has 11 rings (SSSR count). The van der Waals surface area contributed by atoms with Gasteiger partial charge in [-0.05, 0) is 59.7 Å². The molecule has 0 unspecified atom stereocenters. The number of hydrogen-bond acceptors (Lipinski definition) is 5. The molecule has 0 fully saturated rings. The van der Waals surface area contributed by atoms with Crippen LogP contribution in [0.2, 0.25) is 0 Å². The van der Waals surface area contributed by atoms with Gasteiger partial charge in [-0.15, -0.1) is 0 Å². The molecular formula is C57H38N6. The average molecular weight is 807 g/mol. The molecule has 0 spiro atoms. The number of para-hydroxylation sites is 3. The highest BCUT2D eigenvalue weighted by Crippen LogP contribution is 2.35. The molecule has 0 saturated heterocycles. The van der Waals surface area contributed by atoms with Crippen LogP contribution in [0.5, 0.6) is 0 Å². The Morgan fingerprint density at radius 3 is 1.16 bits per heavy atom. The van der Waals surface area contributed by atoms with Gasteiger partial charge in [-0.3, -0.25) is 4.57 Å². The van der Waals surface area contributed by atoms with E-state index in [4.69, 9.17) is 24.9 Å². The lowest BCUT2D eigenvalue weighted by atomic mass is 9.98. The summed E-state index contributed by atoms with van der Waals surface area (Å²) < 4.78 is 2.22. The Labute approximate surface area is 365 Å². The van der Waals surface area contributed by atoms with Gasteiger partial charge in [0.25, 0.3) is 0 Å². The second-order valence-corrected chi connectivity index (χ2v) is 15.4. The Balaban J connectivity index is 0.968. The van der Waals surface area contributed by atoms with E-state index in [9.17, 15) is 0 Å². The number of hydrogen-bond donors (Lipinski definition) is 0. The monoisotopic (exact) mass is 806 g/mol. The van der Waals surface area contributed by atoms with Gasteiger partial charge in [0.2, 0.25) is 0 Å². The lowest BCUT2D eigenvalue weighted by Gasteiger charge is -2.12. The molecule has 0 aliphatic heterocycles. The fraction of sp³-hybridized carbons (Fsp3) is 0. The van der Waals surface area contributed by atoms with Crippen LogP contribution in [0.15, 0.2) is 231 Å². The summed E-state index contributed by atoms with van der Waals surface area (Å²) in [4.78, 5) is 25.5. The van der Waals surface area contributed by atoms with Gasteiger partial charge in [-0.2, -0.15) is 0 Å². The maximum atomic E-state index is 5.17. The van der Waals surface area contributed by atoms with E-state index in [0.29, 0.717) is 11.6 Å². The van der Waals surface area contributed by atoms with E-state index in [1.165, 1.54) is 0 Å². The zero-order valence-electron chi connectivity index (χ0n) is 34.1. The molecule has 63 heavy (non-hydrogen) atoms. The summed E-state index contributed by atoms with van der Waals surface area (Å²) in [6.45, 7) is 0. The van der Waals surface area contributed by atoms with Gasteiger partial charge in [-0.1, -0.05) is 182 Å². The minimum atomic E-state index is 0.664. The standard InChI is InChI=1S/C57H38N6/c1-5-17-39(18-6-1)50-37-52(60-55(58-50)41-19-7-2-8-20-41)46-25-15-23-44(35-46)45-24-16-26-47(36-45)53-38-51(59-56(61-53)42-21-9-3-10-22-42)40-31-33-43(34-32-40)57-62-49-29-13-14-30-54(49)63(57)48-27-11-4-12-28-48/h1-38H. The number of imidazole rings is 1. The van der Waals surface area contributed by atoms with Crippen molar-refractivity contribution in [3.05, 3.63) is 231 Å². The Hall–Kier alpha value is -8.61. The van der Waals surface area contributed by atoms with Crippen LogP contribution in [0.1, 0.15) is 0 Å². The largest absolute Gasteiger partial charge is 0.292 e. The fourth-order valence-electron chi connectivity index (χ4n) is 8.09. The fourth-order valence-corrected chi connectivity index (χ4v) is 8.09. The third-order valence-electron chi connectivity index (χ3n) is 11.2. The lowest BCUT2D eigenvalue weighted by Crippen LogP contribution is -1.98. The van der Waals surface area contributed by atoms with E-state index in [1.807, 2.05) is 66.7 Å². The molecule has 0 aliphatic rings. The Morgan fingerprint density at radius 1 is 0.254 bits per heavy atom. The third kappa shape index (κ3) is 7.58. The number of aromatic nitrogens is 6. The highest BCUT2D eigenvalue weighted by molar-refractivity contribution is 5.84. The first kappa shape index (κ1) is 37.4. The van der Waals surface area contributed by atoms with Gasteiger partial charge < -0.3 is 0 Å². The SMILES string of the molecule is c1ccc(-c2cc(-c3cccc(-c4cccc(-c5cc(-c6ccc(-c7nc8ccccc8n7-c7ccccc7)cc6)nc(-c6ccccc6)n5)c4)c3)nc(-c3ccccc3)n2)cc1. The first-order valence-electron chi connectivity index (χ1n) is 21.0. The van der Waals surface area contributed by atoms with E-state index >= 15 is 0 Å². The topological polar surface area (TPSA) is 69.4 Å². The van der Waals surface area contributed by atoms with Crippen LogP contribution in [0.4, 0.5) is 0 Å². The third-order valence-corrected chi connectivity index (χ3v) is 11.2. The summed E-state index contributed by atoms with van der Waals surface area (Å²) in [6, 6.07) is 79.1. The predicted octanol–water partition coefficient (Wildman–Crippen LogP) is 13.9. The summed E-state index contributed by atoms with van der Waals surface area (Å²) in [5.74, 6) is 2.24. The molecule has 0 saturated carbocycles. The molecule has 0 aliphatic carbocycles. The first-order valence-corrected chi connectivity index (χ1v) is 21.0. The van der Waals surface area contributed by atoms with Gasteiger partial charge in [0.05, 0.1) is 33.8 Å². The normalized spacial score (nSPS) is 11.2. The maximum absolute atomic E-state index is 5.17. The van der Waals surface area contributed by atoms with Crippen LogP contribution in [0, 0.1) is 0 Å². The number of rotatable bonds is 9. The van der Waals surface area contributed by atoms with Gasteiger partial charge >= 0.3 is 0 Å². The summed E-state index contributed by atoms with van der Waals surface area (Å²) in [7, 11) is 0. The molecular weight excluding hydrogens is 769 g/mol. The maximum Gasteiger partial charge on any atom is 0.160 e. The van der Waals surface area contributed by atoms with E-state index in [-0.39, 0.29) is 0 Å². The number of fused-ring (bicyclic) bond motifs is 1. The molecule has 296 valence electrons. The molecule has 0 atom stereocenters. The predicted molar refractivity (Wildman–Crippen MR) is 256 cm³/mol. The van der Waals surface area contributed by atoms with Crippen molar-refractivity contribution in [1.82, 2.24) is 29.5 Å². The Kier molecular flexibility index (Phi) is 9.76. The first-order chi connectivity index (χ1) is 31.2. The molecule has 6 nitrogen and oxygen atoms in total. The van der Waals surface area contributed by atoms with Crippen molar-refractivity contribution in [2.75, 3.05) is 0 Å². The van der Waals surface area contributed by atoms with Crippen molar-refractivity contribution < 1.29 is 0 Å². The van der Waals surface area contributed by atoms with Gasteiger partial charge in [0.15, 0.2) is 11.6 Å². The zero-order chi connectivity index (χ0) is 42.0. The minimum absolute atomic E-state index is 0.664. The molecule has 0 amide bonds. The van der Waals surface area contributed by atoms with Crippen molar-refractivity contribution >= 4 is 11.0 Å². The molecule has 0 bridgehead atoms. The minimum Gasteiger partial charge on any atom is -0.292 e. The van der Waals surface area contributed by atoms with Gasteiger partial charge in [-0.25, -0.2) is 24.9 Å². The average Bonchev–Trinajstić information content (AvgIpc) is 3.77. The van der Waals surface area contributed by atoms with Crippen LogP contribution >= 0.6 is 0 Å². The Morgan fingerprint density at radius 2 is 0.635 bits per heavy atom. The van der Waals surface area contributed by atoms with E-state index in [0.717, 1.165) is 95.4 Å². The summed E-state index contributed by atoms with van der Waals surface area (Å²) >= 11 is 0. The van der Waals surface area contributed by atoms with Crippen LogP contribution < -0.4 is 0 Å².